The Morgan fingerprint density at radius 1 is 1.17 bits per heavy atom. The van der Waals surface area contributed by atoms with E-state index in [1.54, 1.807) is 25.4 Å². The first-order valence-electron chi connectivity index (χ1n) is 9.77. The molecule has 0 aliphatic rings. The first-order valence-corrected chi connectivity index (χ1v) is 9.77. The van der Waals surface area contributed by atoms with Crippen molar-refractivity contribution in [1.82, 2.24) is 24.6 Å². The van der Waals surface area contributed by atoms with Gasteiger partial charge in [0.2, 0.25) is 5.91 Å². The van der Waals surface area contributed by atoms with Crippen molar-refractivity contribution in [1.29, 1.82) is 0 Å². The summed E-state index contributed by atoms with van der Waals surface area (Å²) in [7, 11) is 1.65. The average Bonchev–Trinajstić information content (AvgIpc) is 3.13. The van der Waals surface area contributed by atoms with Gasteiger partial charge in [-0.3, -0.25) is 9.59 Å². The normalized spacial score (nSPS) is 12.3. The van der Waals surface area contributed by atoms with Gasteiger partial charge in [0, 0.05) is 19.0 Å². The van der Waals surface area contributed by atoms with Crippen molar-refractivity contribution < 1.29 is 9.53 Å². The number of para-hydroxylation sites is 2. The van der Waals surface area contributed by atoms with Gasteiger partial charge in [0.15, 0.2) is 0 Å². The quantitative estimate of drug-likeness (QED) is 0.509. The number of nitrogens with zero attached hydrogens (tertiary/aromatic N) is 4. The highest BCUT2D eigenvalue weighted by Crippen LogP contribution is 2.20. The molecule has 2 aromatic heterocycles. The Balaban J connectivity index is 1.55. The number of amides is 1. The molecule has 8 nitrogen and oxygen atoms in total. The lowest BCUT2D eigenvalue weighted by atomic mass is 10.2. The molecular formula is C22H23N5O3. The minimum absolute atomic E-state index is 0.160. The van der Waals surface area contributed by atoms with E-state index in [4.69, 9.17) is 9.72 Å². The molecule has 0 aliphatic carbocycles. The maximum atomic E-state index is 12.7. The molecule has 4 aromatic rings. The van der Waals surface area contributed by atoms with E-state index >= 15 is 0 Å². The molecule has 0 bridgehead atoms. The molecule has 0 saturated carbocycles. The van der Waals surface area contributed by atoms with Crippen molar-refractivity contribution in [3.63, 3.8) is 0 Å². The Morgan fingerprint density at radius 2 is 1.93 bits per heavy atom. The van der Waals surface area contributed by atoms with Crippen LogP contribution in [0.2, 0.25) is 0 Å². The monoisotopic (exact) mass is 405 g/mol. The van der Waals surface area contributed by atoms with Gasteiger partial charge in [-0.15, -0.1) is 0 Å². The molecular weight excluding hydrogens is 382 g/mol. The number of methoxy groups -OCH3 is 1. The highest BCUT2D eigenvalue weighted by molar-refractivity contribution is 5.81. The van der Waals surface area contributed by atoms with E-state index in [1.807, 2.05) is 47.9 Å². The van der Waals surface area contributed by atoms with Crippen molar-refractivity contribution in [3.8, 4) is 0 Å². The van der Waals surface area contributed by atoms with Crippen LogP contribution in [0.1, 0.15) is 18.8 Å². The minimum Gasteiger partial charge on any atom is -0.383 e. The van der Waals surface area contributed by atoms with Gasteiger partial charge in [0.05, 0.1) is 35.3 Å². The number of nitrogens with one attached hydrogen (secondary N) is 1. The largest absolute Gasteiger partial charge is 0.383 e. The summed E-state index contributed by atoms with van der Waals surface area (Å²) >= 11 is 0. The van der Waals surface area contributed by atoms with E-state index in [0.29, 0.717) is 18.5 Å². The number of hydrogen-bond donors (Lipinski definition) is 1. The first-order chi connectivity index (χ1) is 14.6. The van der Waals surface area contributed by atoms with E-state index in [0.717, 1.165) is 22.2 Å². The summed E-state index contributed by atoms with van der Waals surface area (Å²) in [4.78, 5) is 29.9. The molecule has 0 saturated heterocycles. The second-order valence-corrected chi connectivity index (χ2v) is 7.09. The molecule has 0 radical (unpaired) electrons. The van der Waals surface area contributed by atoms with Crippen LogP contribution >= 0.6 is 0 Å². The Hall–Kier alpha value is -3.52. The van der Waals surface area contributed by atoms with E-state index in [-0.39, 0.29) is 24.1 Å². The molecule has 154 valence electrons. The van der Waals surface area contributed by atoms with Crippen LogP contribution in [0.25, 0.3) is 21.8 Å². The molecule has 4 rings (SSSR count). The predicted octanol–water partition coefficient (Wildman–Crippen LogP) is 2.27. The highest BCUT2D eigenvalue weighted by atomic mass is 16.5. The summed E-state index contributed by atoms with van der Waals surface area (Å²) in [6.07, 6.45) is 1.59. The fourth-order valence-corrected chi connectivity index (χ4v) is 3.57. The van der Waals surface area contributed by atoms with Crippen molar-refractivity contribution in [2.75, 3.05) is 13.7 Å². The van der Waals surface area contributed by atoms with Crippen LogP contribution < -0.4 is 10.9 Å². The van der Waals surface area contributed by atoms with Crippen LogP contribution in [-0.4, -0.2) is 39.0 Å². The van der Waals surface area contributed by atoms with Crippen molar-refractivity contribution in [2.24, 2.45) is 0 Å². The van der Waals surface area contributed by atoms with Crippen molar-refractivity contribution >= 4 is 27.7 Å². The molecule has 0 spiro atoms. The Kier molecular flexibility index (Phi) is 5.58. The van der Waals surface area contributed by atoms with Crippen LogP contribution in [0.3, 0.4) is 0 Å². The van der Waals surface area contributed by atoms with Crippen molar-refractivity contribution in [2.45, 2.75) is 26.1 Å². The topological polar surface area (TPSA) is 91.0 Å². The van der Waals surface area contributed by atoms with Crippen LogP contribution in [0.15, 0.2) is 59.5 Å². The number of benzene rings is 2. The molecule has 2 aromatic carbocycles. The van der Waals surface area contributed by atoms with E-state index in [1.165, 1.54) is 4.68 Å². The third-order valence-electron chi connectivity index (χ3n) is 5.02. The van der Waals surface area contributed by atoms with Gasteiger partial charge in [0.1, 0.15) is 12.4 Å². The summed E-state index contributed by atoms with van der Waals surface area (Å²) in [5, 5.41) is 8.35. The summed E-state index contributed by atoms with van der Waals surface area (Å²) in [5.41, 5.74) is 1.55. The van der Waals surface area contributed by atoms with Crippen LogP contribution in [0.5, 0.6) is 0 Å². The second kappa shape index (κ2) is 8.46. The maximum Gasteiger partial charge on any atom is 0.275 e. The van der Waals surface area contributed by atoms with Gasteiger partial charge in [-0.1, -0.05) is 30.3 Å². The van der Waals surface area contributed by atoms with Gasteiger partial charge in [-0.25, -0.2) is 9.67 Å². The highest BCUT2D eigenvalue weighted by Gasteiger charge is 2.19. The van der Waals surface area contributed by atoms with Gasteiger partial charge < -0.3 is 14.6 Å². The molecule has 30 heavy (non-hydrogen) atoms. The summed E-state index contributed by atoms with van der Waals surface area (Å²) < 4.78 is 8.45. The lowest BCUT2D eigenvalue weighted by Crippen LogP contribution is -2.35. The Morgan fingerprint density at radius 3 is 2.77 bits per heavy atom. The minimum atomic E-state index is -0.349. The number of hydrogen-bond acceptors (Lipinski definition) is 5. The summed E-state index contributed by atoms with van der Waals surface area (Å²) in [6, 6.07) is 14.7. The number of carbonyl (C=O) groups is 1. The molecule has 0 fully saturated rings. The zero-order valence-electron chi connectivity index (χ0n) is 16.9. The summed E-state index contributed by atoms with van der Waals surface area (Å²) in [6.45, 7) is 2.87. The zero-order chi connectivity index (χ0) is 21.1. The lowest BCUT2D eigenvalue weighted by molar-refractivity contribution is -0.122. The smallest absolute Gasteiger partial charge is 0.275 e. The van der Waals surface area contributed by atoms with E-state index < -0.39 is 0 Å². The number of fused-ring (bicyclic) bond motifs is 2. The van der Waals surface area contributed by atoms with Gasteiger partial charge in [0.25, 0.3) is 5.56 Å². The van der Waals surface area contributed by atoms with Crippen LogP contribution in [0, 0.1) is 0 Å². The fourth-order valence-electron chi connectivity index (χ4n) is 3.57. The third kappa shape index (κ3) is 3.81. The molecule has 1 N–H and O–H groups in total. The number of imidazole rings is 1. The molecule has 0 aliphatic heterocycles. The summed E-state index contributed by atoms with van der Waals surface area (Å²) in [5.74, 6) is 0.429. The SMILES string of the molecule is COCCn1c([C@@H](C)NC(=O)Cn2ncc3ccccc3c2=O)nc2ccccc21. The van der Waals surface area contributed by atoms with Gasteiger partial charge >= 0.3 is 0 Å². The predicted molar refractivity (Wildman–Crippen MR) is 114 cm³/mol. The molecule has 0 unspecified atom stereocenters. The standard InChI is InChI=1S/C22H23N5O3/c1-15(21-25-18-9-5-6-10-19(18)26(21)11-12-30-2)24-20(28)14-27-22(29)17-8-4-3-7-16(17)13-23-27/h3-10,13,15H,11-12,14H2,1-2H3,(H,24,28)/t15-/m1/s1. The fraction of sp³-hybridized carbons (Fsp3) is 0.273. The third-order valence-corrected chi connectivity index (χ3v) is 5.02. The molecule has 2 heterocycles. The number of ether oxygens (including phenoxy) is 1. The van der Waals surface area contributed by atoms with Gasteiger partial charge in [-0.2, -0.15) is 5.10 Å². The number of carbonyl (C=O) groups excluding carboxylic acids is 1. The Bertz CT molecular complexity index is 1260. The lowest BCUT2D eigenvalue weighted by Gasteiger charge is -2.16. The van der Waals surface area contributed by atoms with Gasteiger partial charge in [-0.05, 0) is 25.1 Å². The van der Waals surface area contributed by atoms with Crippen LogP contribution in [-0.2, 0) is 22.6 Å². The number of rotatable bonds is 7. The Labute approximate surface area is 173 Å². The van der Waals surface area contributed by atoms with Crippen LogP contribution in [0.4, 0.5) is 0 Å². The average molecular weight is 405 g/mol. The van der Waals surface area contributed by atoms with E-state index in [2.05, 4.69) is 10.4 Å². The second-order valence-electron chi connectivity index (χ2n) is 7.09. The maximum absolute atomic E-state index is 12.7. The molecule has 8 heteroatoms. The van der Waals surface area contributed by atoms with Crippen molar-refractivity contribution in [3.05, 3.63) is 70.9 Å². The molecule has 1 atom stereocenters. The molecule has 1 amide bonds. The number of aromatic nitrogens is 4. The zero-order valence-corrected chi connectivity index (χ0v) is 16.9. The van der Waals surface area contributed by atoms with E-state index in [9.17, 15) is 9.59 Å². The first kappa shape index (κ1) is 19.8.